The summed E-state index contributed by atoms with van der Waals surface area (Å²) in [6, 6.07) is 14.2. The molecule has 0 aliphatic heterocycles. The van der Waals surface area contributed by atoms with Crippen LogP contribution in [0.3, 0.4) is 0 Å². The molecule has 0 spiro atoms. The summed E-state index contributed by atoms with van der Waals surface area (Å²) in [6.07, 6.45) is 0.197. The molecule has 3 aromatic rings. The van der Waals surface area contributed by atoms with Crippen LogP contribution in [0.5, 0.6) is 5.75 Å². The number of aryl methyl sites for hydroxylation is 2. The lowest BCUT2D eigenvalue weighted by Gasteiger charge is -2.07. The maximum atomic E-state index is 12.1. The van der Waals surface area contributed by atoms with E-state index in [0.717, 1.165) is 22.1 Å². The Kier molecular flexibility index (Phi) is 3.98. The van der Waals surface area contributed by atoms with E-state index in [1.54, 1.807) is 18.2 Å². The molecule has 1 heterocycles. The molecule has 0 fully saturated rings. The molecule has 0 saturated heterocycles. The van der Waals surface area contributed by atoms with E-state index in [9.17, 15) is 9.59 Å². The second-order valence-electron chi connectivity index (χ2n) is 5.48. The number of benzene rings is 2. The molecule has 0 atom stereocenters. The molecular weight excluding hydrogens is 292 g/mol. The SMILES string of the molecule is Cc1ccccc1CC(=O)Oc1ccc2c(C)cc(=O)oc2c1. The molecule has 23 heavy (non-hydrogen) atoms. The minimum absolute atomic E-state index is 0.197. The summed E-state index contributed by atoms with van der Waals surface area (Å²) in [7, 11) is 0. The van der Waals surface area contributed by atoms with E-state index in [0.29, 0.717) is 11.3 Å². The fraction of sp³-hybridized carbons (Fsp3) is 0.158. The Morgan fingerprint density at radius 3 is 2.61 bits per heavy atom. The van der Waals surface area contributed by atoms with Crippen molar-refractivity contribution in [2.45, 2.75) is 20.3 Å². The number of esters is 1. The average molecular weight is 308 g/mol. The van der Waals surface area contributed by atoms with Gasteiger partial charge in [-0.25, -0.2) is 4.79 Å². The summed E-state index contributed by atoms with van der Waals surface area (Å²) in [5.41, 5.74) is 2.80. The van der Waals surface area contributed by atoms with Crippen LogP contribution < -0.4 is 10.4 Å². The summed E-state index contributed by atoms with van der Waals surface area (Å²) in [6.45, 7) is 3.79. The van der Waals surface area contributed by atoms with Gasteiger partial charge in [-0.1, -0.05) is 24.3 Å². The topological polar surface area (TPSA) is 56.5 Å². The molecule has 0 aliphatic rings. The molecule has 0 bridgehead atoms. The standard InChI is InChI=1S/C19H16O4/c1-12-5-3-4-6-14(12)10-19(21)22-15-7-8-16-13(2)9-18(20)23-17(16)11-15/h3-9,11H,10H2,1-2H3. The van der Waals surface area contributed by atoms with E-state index in [-0.39, 0.29) is 12.4 Å². The molecule has 116 valence electrons. The molecule has 0 saturated carbocycles. The average Bonchev–Trinajstić information content (AvgIpc) is 2.49. The molecule has 2 aromatic carbocycles. The molecule has 0 aliphatic carbocycles. The third kappa shape index (κ3) is 3.31. The number of carbonyl (C=O) groups is 1. The van der Waals surface area contributed by atoms with E-state index in [1.807, 2.05) is 38.1 Å². The first kappa shape index (κ1) is 15.0. The second kappa shape index (κ2) is 6.08. The fourth-order valence-electron chi connectivity index (χ4n) is 2.50. The molecule has 0 amide bonds. The summed E-state index contributed by atoms with van der Waals surface area (Å²) < 4.78 is 10.5. The van der Waals surface area contributed by atoms with Gasteiger partial charge in [-0.15, -0.1) is 0 Å². The first-order valence-electron chi connectivity index (χ1n) is 7.32. The van der Waals surface area contributed by atoms with Crippen molar-refractivity contribution in [2.75, 3.05) is 0 Å². The van der Waals surface area contributed by atoms with Gasteiger partial charge in [-0.2, -0.15) is 0 Å². The Hall–Kier alpha value is -2.88. The van der Waals surface area contributed by atoms with Gasteiger partial charge in [0.15, 0.2) is 0 Å². The predicted molar refractivity (Wildman–Crippen MR) is 87.7 cm³/mol. The lowest BCUT2D eigenvalue weighted by atomic mass is 10.1. The maximum absolute atomic E-state index is 12.1. The van der Waals surface area contributed by atoms with E-state index in [2.05, 4.69) is 0 Å². The number of fused-ring (bicyclic) bond motifs is 1. The fourth-order valence-corrected chi connectivity index (χ4v) is 2.50. The number of rotatable bonds is 3. The van der Waals surface area contributed by atoms with Crippen molar-refractivity contribution in [1.29, 1.82) is 0 Å². The van der Waals surface area contributed by atoms with Crippen LogP contribution in [0.25, 0.3) is 11.0 Å². The van der Waals surface area contributed by atoms with Crippen molar-refractivity contribution >= 4 is 16.9 Å². The summed E-state index contributed by atoms with van der Waals surface area (Å²) in [4.78, 5) is 23.5. The van der Waals surface area contributed by atoms with Crippen LogP contribution in [0.4, 0.5) is 0 Å². The van der Waals surface area contributed by atoms with Gasteiger partial charge in [-0.05, 0) is 42.7 Å². The Labute approximate surface area is 133 Å². The molecular formula is C19H16O4. The molecule has 4 nitrogen and oxygen atoms in total. The first-order chi connectivity index (χ1) is 11.0. The molecule has 1 aromatic heterocycles. The van der Waals surface area contributed by atoms with Gasteiger partial charge in [0.25, 0.3) is 0 Å². The number of ether oxygens (including phenoxy) is 1. The van der Waals surface area contributed by atoms with Crippen LogP contribution in [0, 0.1) is 13.8 Å². The second-order valence-corrected chi connectivity index (χ2v) is 5.48. The van der Waals surface area contributed by atoms with Gasteiger partial charge in [0.1, 0.15) is 11.3 Å². The summed E-state index contributed by atoms with van der Waals surface area (Å²) in [5.74, 6) is 0.0125. The van der Waals surface area contributed by atoms with Crippen LogP contribution in [-0.4, -0.2) is 5.97 Å². The molecule has 3 rings (SSSR count). The Balaban J connectivity index is 1.83. The third-order valence-corrected chi connectivity index (χ3v) is 3.75. The van der Waals surface area contributed by atoms with Crippen molar-refractivity contribution in [3.63, 3.8) is 0 Å². The van der Waals surface area contributed by atoms with Gasteiger partial charge in [0, 0.05) is 17.5 Å². The highest BCUT2D eigenvalue weighted by molar-refractivity contribution is 5.83. The van der Waals surface area contributed by atoms with E-state index in [1.165, 1.54) is 6.07 Å². The first-order valence-corrected chi connectivity index (χ1v) is 7.32. The van der Waals surface area contributed by atoms with Crippen molar-refractivity contribution in [2.24, 2.45) is 0 Å². The zero-order valence-corrected chi connectivity index (χ0v) is 13.0. The predicted octanol–water partition coefficient (Wildman–Crippen LogP) is 3.56. The van der Waals surface area contributed by atoms with Crippen LogP contribution in [0.1, 0.15) is 16.7 Å². The highest BCUT2D eigenvalue weighted by Gasteiger charge is 2.10. The van der Waals surface area contributed by atoms with E-state index >= 15 is 0 Å². The summed E-state index contributed by atoms with van der Waals surface area (Å²) >= 11 is 0. The van der Waals surface area contributed by atoms with Crippen molar-refractivity contribution in [3.8, 4) is 5.75 Å². The maximum Gasteiger partial charge on any atom is 0.336 e. The van der Waals surface area contributed by atoms with Crippen LogP contribution in [-0.2, 0) is 11.2 Å². The van der Waals surface area contributed by atoms with E-state index < -0.39 is 5.63 Å². The zero-order valence-electron chi connectivity index (χ0n) is 13.0. The Bertz CT molecular complexity index is 937. The normalized spacial score (nSPS) is 10.7. The smallest absolute Gasteiger partial charge is 0.336 e. The van der Waals surface area contributed by atoms with Crippen molar-refractivity contribution in [3.05, 3.63) is 75.6 Å². The molecule has 4 heteroatoms. The van der Waals surface area contributed by atoms with Crippen LogP contribution in [0.2, 0.25) is 0 Å². The van der Waals surface area contributed by atoms with Crippen LogP contribution >= 0.6 is 0 Å². The van der Waals surface area contributed by atoms with Crippen molar-refractivity contribution in [1.82, 2.24) is 0 Å². The lowest BCUT2D eigenvalue weighted by molar-refractivity contribution is -0.133. The molecule has 0 radical (unpaired) electrons. The van der Waals surface area contributed by atoms with Gasteiger partial charge in [0.2, 0.25) is 0 Å². The number of hydrogen-bond donors (Lipinski definition) is 0. The lowest BCUT2D eigenvalue weighted by Crippen LogP contribution is -2.12. The Morgan fingerprint density at radius 2 is 1.83 bits per heavy atom. The molecule has 0 unspecified atom stereocenters. The highest BCUT2D eigenvalue weighted by Crippen LogP contribution is 2.22. The third-order valence-electron chi connectivity index (χ3n) is 3.75. The highest BCUT2D eigenvalue weighted by atomic mass is 16.5. The zero-order chi connectivity index (χ0) is 16.4. The van der Waals surface area contributed by atoms with Crippen molar-refractivity contribution < 1.29 is 13.9 Å². The minimum atomic E-state index is -0.418. The quantitative estimate of drug-likeness (QED) is 0.422. The monoisotopic (exact) mass is 308 g/mol. The molecule has 0 N–H and O–H groups in total. The number of hydrogen-bond acceptors (Lipinski definition) is 4. The largest absolute Gasteiger partial charge is 0.426 e. The van der Waals surface area contributed by atoms with Gasteiger partial charge in [-0.3, -0.25) is 4.79 Å². The van der Waals surface area contributed by atoms with Gasteiger partial charge in [0.05, 0.1) is 6.42 Å². The van der Waals surface area contributed by atoms with Crippen LogP contribution in [0.15, 0.2) is 57.7 Å². The van der Waals surface area contributed by atoms with Gasteiger partial charge >= 0.3 is 11.6 Å². The van der Waals surface area contributed by atoms with E-state index in [4.69, 9.17) is 9.15 Å². The number of carbonyl (C=O) groups excluding carboxylic acids is 1. The summed E-state index contributed by atoms with van der Waals surface area (Å²) in [5, 5.41) is 0.823. The Morgan fingerprint density at radius 1 is 1.04 bits per heavy atom. The van der Waals surface area contributed by atoms with Gasteiger partial charge < -0.3 is 9.15 Å². The minimum Gasteiger partial charge on any atom is -0.426 e.